The number of ether oxygens (including phenoxy) is 3. The van der Waals surface area contributed by atoms with Gasteiger partial charge in [0, 0.05) is 12.6 Å². The number of hydrogen-bond donors (Lipinski definition) is 1. The monoisotopic (exact) mass is 380 g/mol. The van der Waals surface area contributed by atoms with Gasteiger partial charge in [0.2, 0.25) is 16.8 Å². The Hall–Kier alpha value is -2.85. The lowest BCUT2D eigenvalue weighted by Crippen LogP contribution is -2.26. The zero-order valence-corrected chi connectivity index (χ0v) is 14.6. The average Bonchev–Trinajstić information content (AvgIpc) is 3.08. The Bertz CT molecular complexity index is 944. The molecule has 0 aromatic heterocycles. The van der Waals surface area contributed by atoms with Crippen LogP contribution in [0.3, 0.4) is 0 Å². The Labute approximate surface area is 149 Å². The minimum absolute atomic E-state index is 0.00527. The van der Waals surface area contributed by atoms with E-state index in [2.05, 4.69) is 4.72 Å². The number of nitrogens with zero attached hydrogens (tertiary/aromatic N) is 1. The lowest BCUT2D eigenvalue weighted by molar-refractivity contribution is -0.386. The van der Waals surface area contributed by atoms with Crippen molar-refractivity contribution in [1.82, 2.24) is 4.72 Å². The summed E-state index contributed by atoms with van der Waals surface area (Å²) in [5.74, 6) is 1.27. The molecular formula is C16H16N2O7S. The van der Waals surface area contributed by atoms with Crippen molar-refractivity contribution in [3.8, 4) is 17.2 Å². The summed E-state index contributed by atoms with van der Waals surface area (Å²) in [6, 6.07) is 8.86. The van der Waals surface area contributed by atoms with E-state index in [4.69, 9.17) is 14.2 Å². The average molecular weight is 380 g/mol. The summed E-state index contributed by atoms with van der Waals surface area (Å²) in [5, 5.41) is 11.0. The van der Waals surface area contributed by atoms with Gasteiger partial charge in [-0.3, -0.25) is 10.1 Å². The van der Waals surface area contributed by atoms with Gasteiger partial charge in [0.1, 0.15) is 0 Å². The van der Waals surface area contributed by atoms with Crippen molar-refractivity contribution < 1.29 is 27.6 Å². The summed E-state index contributed by atoms with van der Waals surface area (Å²) in [4.78, 5) is 10.2. The number of methoxy groups -OCH3 is 1. The van der Waals surface area contributed by atoms with E-state index in [1.807, 2.05) is 6.07 Å². The standard InChI is InChI=1S/C16H16N2O7S/c1-23-14-5-3-12(9-13(14)18(19)20)26(21,22)17-7-6-11-2-4-15-16(8-11)25-10-24-15/h2-5,8-9,17H,6-7,10H2,1H3. The Morgan fingerprint density at radius 3 is 2.69 bits per heavy atom. The van der Waals surface area contributed by atoms with Crippen molar-refractivity contribution in [1.29, 1.82) is 0 Å². The van der Waals surface area contributed by atoms with Crippen LogP contribution in [0.1, 0.15) is 5.56 Å². The van der Waals surface area contributed by atoms with Crippen molar-refractivity contribution in [2.45, 2.75) is 11.3 Å². The fourth-order valence-electron chi connectivity index (χ4n) is 2.49. The van der Waals surface area contributed by atoms with Crippen LogP contribution in [-0.4, -0.2) is 33.8 Å². The van der Waals surface area contributed by atoms with Crippen LogP contribution < -0.4 is 18.9 Å². The first kappa shape index (κ1) is 18.0. The molecule has 26 heavy (non-hydrogen) atoms. The predicted octanol–water partition coefficient (Wildman–Crippen LogP) is 1.85. The highest BCUT2D eigenvalue weighted by Crippen LogP contribution is 2.32. The number of nitro groups is 1. The third kappa shape index (κ3) is 3.70. The quantitative estimate of drug-likeness (QED) is 0.575. The van der Waals surface area contributed by atoms with Gasteiger partial charge in [0.25, 0.3) is 0 Å². The summed E-state index contributed by atoms with van der Waals surface area (Å²) >= 11 is 0. The van der Waals surface area contributed by atoms with E-state index in [9.17, 15) is 18.5 Å². The molecule has 0 radical (unpaired) electrons. The van der Waals surface area contributed by atoms with Gasteiger partial charge in [0.05, 0.1) is 16.9 Å². The summed E-state index contributed by atoms with van der Waals surface area (Å²) in [5.41, 5.74) is 0.462. The maximum Gasteiger partial charge on any atom is 0.312 e. The predicted molar refractivity (Wildman–Crippen MR) is 91.1 cm³/mol. The van der Waals surface area contributed by atoms with E-state index in [1.54, 1.807) is 12.1 Å². The Kier molecular flexibility index (Phi) is 4.96. The molecule has 0 aliphatic carbocycles. The molecule has 1 heterocycles. The van der Waals surface area contributed by atoms with Crippen LogP contribution in [0, 0.1) is 10.1 Å². The number of sulfonamides is 1. The first-order valence-corrected chi connectivity index (χ1v) is 9.09. The molecule has 1 aliphatic heterocycles. The SMILES string of the molecule is COc1ccc(S(=O)(=O)NCCc2ccc3c(c2)OCO3)cc1[N+](=O)[O-]. The maximum atomic E-state index is 12.4. The molecule has 9 nitrogen and oxygen atoms in total. The Morgan fingerprint density at radius 1 is 1.19 bits per heavy atom. The lowest BCUT2D eigenvalue weighted by Gasteiger charge is -2.08. The molecule has 1 aliphatic rings. The molecule has 10 heteroatoms. The van der Waals surface area contributed by atoms with Gasteiger partial charge in [-0.05, 0) is 36.2 Å². The Morgan fingerprint density at radius 2 is 1.96 bits per heavy atom. The molecule has 138 valence electrons. The van der Waals surface area contributed by atoms with E-state index in [-0.39, 0.29) is 24.0 Å². The Balaban J connectivity index is 1.69. The van der Waals surface area contributed by atoms with Crippen LogP contribution >= 0.6 is 0 Å². The van der Waals surface area contributed by atoms with Crippen LogP contribution in [0.15, 0.2) is 41.3 Å². The number of hydrogen-bond acceptors (Lipinski definition) is 7. The smallest absolute Gasteiger partial charge is 0.312 e. The molecule has 0 bridgehead atoms. The first-order chi connectivity index (χ1) is 12.4. The minimum atomic E-state index is -3.89. The molecule has 0 atom stereocenters. The van der Waals surface area contributed by atoms with E-state index in [0.29, 0.717) is 17.9 Å². The number of nitrogens with one attached hydrogen (secondary N) is 1. The van der Waals surface area contributed by atoms with E-state index in [0.717, 1.165) is 11.6 Å². The van der Waals surface area contributed by atoms with Gasteiger partial charge in [-0.1, -0.05) is 6.07 Å². The molecule has 0 spiro atoms. The van der Waals surface area contributed by atoms with E-state index >= 15 is 0 Å². The highest BCUT2D eigenvalue weighted by Gasteiger charge is 2.22. The molecular weight excluding hydrogens is 364 g/mol. The van der Waals surface area contributed by atoms with Gasteiger partial charge in [-0.2, -0.15) is 0 Å². The maximum absolute atomic E-state index is 12.4. The second-order valence-corrected chi connectivity index (χ2v) is 7.19. The summed E-state index contributed by atoms with van der Waals surface area (Å²) in [6.07, 6.45) is 0.425. The number of benzene rings is 2. The summed E-state index contributed by atoms with van der Waals surface area (Å²) in [6.45, 7) is 0.295. The van der Waals surface area contributed by atoms with Crippen molar-refractivity contribution in [3.05, 3.63) is 52.1 Å². The molecule has 2 aromatic carbocycles. The molecule has 2 aromatic rings. The summed E-state index contributed by atoms with van der Waals surface area (Å²) < 4.78 is 42.5. The zero-order chi connectivity index (χ0) is 18.7. The normalized spacial score (nSPS) is 12.8. The van der Waals surface area contributed by atoms with Crippen LogP contribution in [0.25, 0.3) is 0 Å². The number of rotatable bonds is 7. The highest BCUT2D eigenvalue weighted by molar-refractivity contribution is 7.89. The molecule has 1 N–H and O–H groups in total. The molecule has 0 unspecified atom stereocenters. The molecule has 0 saturated carbocycles. The number of nitro benzene ring substituents is 1. The van der Waals surface area contributed by atoms with Crippen LogP contribution in [0.2, 0.25) is 0 Å². The second kappa shape index (κ2) is 7.18. The van der Waals surface area contributed by atoms with Gasteiger partial charge < -0.3 is 14.2 Å². The van der Waals surface area contributed by atoms with Crippen molar-refractivity contribution >= 4 is 15.7 Å². The molecule has 0 saturated heterocycles. The lowest BCUT2D eigenvalue weighted by atomic mass is 10.1. The van der Waals surface area contributed by atoms with Crippen LogP contribution in [-0.2, 0) is 16.4 Å². The summed E-state index contributed by atoms with van der Waals surface area (Å²) in [7, 11) is -2.61. The molecule has 0 fully saturated rings. The van der Waals surface area contributed by atoms with Crippen LogP contribution in [0.5, 0.6) is 17.2 Å². The van der Waals surface area contributed by atoms with Crippen LogP contribution in [0.4, 0.5) is 5.69 Å². The van der Waals surface area contributed by atoms with Crippen molar-refractivity contribution in [3.63, 3.8) is 0 Å². The van der Waals surface area contributed by atoms with Crippen molar-refractivity contribution in [2.75, 3.05) is 20.4 Å². The van der Waals surface area contributed by atoms with Gasteiger partial charge >= 0.3 is 5.69 Å². The zero-order valence-electron chi connectivity index (χ0n) is 13.8. The highest BCUT2D eigenvalue weighted by atomic mass is 32.2. The first-order valence-electron chi connectivity index (χ1n) is 7.61. The topological polar surface area (TPSA) is 117 Å². The van der Waals surface area contributed by atoms with Gasteiger partial charge in [0.15, 0.2) is 17.2 Å². The third-order valence-corrected chi connectivity index (χ3v) is 5.26. The van der Waals surface area contributed by atoms with Gasteiger partial charge in [-0.25, -0.2) is 13.1 Å². The third-order valence-electron chi connectivity index (χ3n) is 3.80. The minimum Gasteiger partial charge on any atom is -0.490 e. The van der Waals surface area contributed by atoms with E-state index < -0.39 is 20.6 Å². The fraction of sp³-hybridized carbons (Fsp3) is 0.250. The number of fused-ring (bicyclic) bond motifs is 1. The van der Waals surface area contributed by atoms with Crippen molar-refractivity contribution in [2.24, 2.45) is 0 Å². The molecule has 0 amide bonds. The fourth-order valence-corrected chi connectivity index (χ4v) is 3.54. The molecule has 3 rings (SSSR count). The second-order valence-electron chi connectivity index (χ2n) is 5.43. The largest absolute Gasteiger partial charge is 0.490 e. The van der Waals surface area contributed by atoms with Gasteiger partial charge in [-0.15, -0.1) is 0 Å². The van der Waals surface area contributed by atoms with E-state index in [1.165, 1.54) is 19.2 Å².